The second-order valence-corrected chi connectivity index (χ2v) is 7.88. The van der Waals surface area contributed by atoms with E-state index < -0.39 is 28.7 Å². The maximum Gasteiger partial charge on any atom is 0.262 e. The quantitative estimate of drug-likeness (QED) is 0.646. The predicted octanol–water partition coefficient (Wildman–Crippen LogP) is 4.67. The van der Waals surface area contributed by atoms with Crippen molar-refractivity contribution in [2.75, 3.05) is 5.32 Å². The lowest BCUT2D eigenvalue weighted by Gasteiger charge is -2.12. The summed E-state index contributed by atoms with van der Waals surface area (Å²) in [7, 11) is 0. The fourth-order valence-corrected chi connectivity index (χ4v) is 3.37. The van der Waals surface area contributed by atoms with E-state index in [2.05, 4.69) is 15.5 Å². The lowest BCUT2D eigenvalue weighted by Crippen LogP contribution is -2.33. The summed E-state index contributed by atoms with van der Waals surface area (Å²) in [6, 6.07) is 11.9. The Hall–Kier alpha value is -3.94. The van der Waals surface area contributed by atoms with Crippen LogP contribution in [0.25, 0.3) is 11.1 Å². The molecule has 6 nitrogen and oxygen atoms in total. The number of rotatable bonds is 4. The van der Waals surface area contributed by atoms with Crippen LogP contribution >= 0.6 is 0 Å². The molecule has 2 heterocycles. The predicted molar refractivity (Wildman–Crippen MR) is 115 cm³/mol. The number of hydrogen-bond acceptors (Lipinski definition) is 5. The molecule has 162 valence electrons. The van der Waals surface area contributed by atoms with E-state index in [1.54, 1.807) is 38.2 Å². The zero-order valence-electron chi connectivity index (χ0n) is 17.6. The lowest BCUT2D eigenvalue weighted by molar-refractivity contribution is -0.128. The Kier molecular flexibility index (Phi) is 5.30. The summed E-state index contributed by atoms with van der Waals surface area (Å²) < 4.78 is 27.6. The molecule has 8 heteroatoms. The van der Waals surface area contributed by atoms with E-state index in [9.17, 15) is 18.4 Å². The molecule has 1 amide bonds. The molecule has 1 aliphatic heterocycles. The number of aromatic nitrogens is 1. The molecule has 1 N–H and O–H groups in total. The van der Waals surface area contributed by atoms with Crippen molar-refractivity contribution in [3.05, 3.63) is 83.1 Å². The Morgan fingerprint density at radius 1 is 1.03 bits per heavy atom. The number of nitrogens with zero attached hydrogens (tertiary/aromatic N) is 2. The first kappa shape index (κ1) is 21.3. The number of carbonyl (C=O) groups excluding carboxylic acids is 2. The molecule has 0 saturated carbocycles. The van der Waals surface area contributed by atoms with Crippen LogP contribution in [0.5, 0.6) is 0 Å². The van der Waals surface area contributed by atoms with Crippen LogP contribution in [0.15, 0.2) is 59.9 Å². The molecule has 0 saturated heterocycles. The van der Waals surface area contributed by atoms with E-state index in [4.69, 9.17) is 4.84 Å². The summed E-state index contributed by atoms with van der Waals surface area (Å²) in [5, 5.41) is 6.32. The molecule has 1 aromatic heterocycles. The number of aryl methyl sites for hydroxylation is 1. The number of amides is 1. The molecule has 32 heavy (non-hydrogen) atoms. The first-order valence-electron chi connectivity index (χ1n) is 9.81. The van der Waals surface area contributed by atoms with E-state index in [0.29, 0.717) is 5.56 Å². The van der Waals surface area contributed by atoms with Crippen molar-refractivity contribution < 1.29 is 23.2 Å². The summed E-state index contributed by atoms with van der Waals surface area (Å²) in [6.07, 6.45) is 1.54. The standard InChI is InChI=1S/C24H19F2N3O3/c1-13-11-14(21-22(30)24(2,3)32-29-21)7-9-16(13)15-8-10-19(27-12-15)28-23(31)20-17(25)5-4-6-18(20)26/h4-12H,1-3H3,(H,27,28,31). The van der Waals surface area contributed by atoms with Gasteiger partial charge in [-0.3, -0.25) is 9.59 Å². The van der Waals surface area contributed by atoms with Gasteiger partial charge >= 0.3 is 0 Å². The van der Waals surface area contributed by atoms with Crippen LogP contribution in [-0.2, 0) is 9.63 Å². The molecule has 0 radical (unpaired) electrons. The van der Waals surface area contributed by atoms with Crippen LogP contribution in [0, 0.1) is 18.6 Å². The Balaban J connectivity index is 1.53. The maximum atomic E-state index is 13.8. The Morgan fingerprint density at radius 2 is 1.72 bits per heavy atom. The van der Waals surface area contributed by atoms with Gasteiger partial charge in [0, 0.05) is 17.3 Å². The third-order valence-electron chi connectivity index (χ3n) is 5.13. The minimum atomic E-state index is -0.975. The zero-order chi connectivity index (χ0) is 23.0. The second-order valence-electron chi connectivity index (χ2n) is 7.88. The summed E-state index contributed by atoms with van der Waals surface area (Å²) in [5.74, 6) is -2.85. The Bertz CT molecular complexity index is 1250. The number of benzene rings is 2. The number of Topliss-reactive ketones (excluding diaryl/α,β-unsaturated/α-hetero) is 1. The minimum Gasteiger partial charge on any atom is -0.381 e. The van der Waals surface area contributed by atoms with Crippen LogP contribution in [-0.4, -0.2) is 28.0 Å². The molecule has 0 fully saturated rings. The summed E-state index contributed by atoms with van der Waals surface area (Å²) >= 11 is 0. The van der Waals surface area contributed by atoms with Gasteiger partial charge in [-0.25, -0.2) is 13.8 Å². The molecule has 1 aliphatic rings. The molecule has 4 rings (SSSR count). The summed E-state index contributed by atoms with van der Waals surface area (Å²) in [4.78, 5) is 34.0. The molecule has 3 aromatic rings. The van der Waals surface area contributed by atoms with Crippen LogP contribution in [0.4, 0.5) is 14.6 Å². The first-order valence-corrected chi connectivity index (χ1v) is 9.81. The fraction of sp³-hybridized carbons (Fsp3) is 0.167. The van der Waals surface area contributed by atoms with Gasteiger partial charge in [0.1, 0.15) is 23.0 Å². The van der Waals surface area contributed by atoms with E-state index in [0.717, 1.165) is 28.8 Å². The summed E-state index contributed by atoms with van der Waals surface area (Å²) in [6.45, 7) is 5.22. The lowest BCUT2D eigenvalue weighted by atomic mass is 9.93. The molecule has 0 unspecified atom stereocenters. The number of pyridine rings is 1. The highest BCUT2D eigenvalue weighted by Crippen LogP contribution is 2.28. The largest absolute Gasteiger partial charge is 0.381 e. The van der Waals surface area contributed by atoms with Crippen LogP contribution in [0.1, 0.15) is 35.3 Å². The van der Waals surface area contributed by atoms with Crippen molar-refractivity contribution in [3.63, 3.8) is 0 Å². The van der Waals surface area contributed by atoms with Crippen LogP contribution in [0.3, 0.4) is 0 Å². The highest BCUT2D eigenvalue weighted by atomic mass is 19.1. The highest BCUT2D eigenvalue weighted by Gasteiger charge is 2.40. The summed E-state index contributed by atoms with van der Waals surface area (Å²) in [5.41, 5.74) is 1.81. The number of anilines is 1. The number of oxime groups is 1. The molecule has 2 aromatic carbocycles. The average Bonchev–Trinajstić information content (AvgIpc) is 3.01. The average molecular weight is 435 g/mol. The molecular weight excluding hydrogens is 416 g/mol. The van der Waals surface area contributed by atoms with Crippen molar-refractivity contribution in [1.29, 1.82) is 0 Å². The van der Waals surface area contributed by atoms with E-state index in [1.165, 1.54) is 6.07 Å². The molecule has 0 aliphatic carbocycles. The first-order chi connectivity index (χ1) is 15.2. The molecule has 0 spiro atoms. The smallest absolute Gasteiger partial charge is 0.262 e. The maximum absolute atomic E-state index is 13.8. The van der Waals surface area contributed by atoms with Gasteiger partial charge < -0.3 is 10.2 Å². The third-order valence-corrected chi connectivity index (χ3v) is 5.13. The van der Waals surface area contributed by atoms with Gasteiger partial charge in [0.15, 0.2) is 11.3 Å². The van der Waals surface area contributed by atoms with Crippen molar-refractivity contribution in [2.24, 2.45) is 5.16 Å². The van der Waals surface area contributed by atoms with Gasteiger partial charge in [-0.2, -0.15) is 0 Å². The number of ketones is 1. The topological polar surface area (TPSA) is 80.6 Å². The van der Waals surface area contributed by atoms with Crippen molar-refractivity contribution >= 4 is 23.2 Å². The van der Waals surface area contributed by atoms with Crippen molar-refractivity contribution in [2.45, 2.75) is 26.4 Å². The Morgan fingerprint density at radius 3 is 2.28 bits per heavy atom. The molecule has 0 atom stereocenters. The molecular formula is C24H19F2N3O3. The number of hydrogen-bond donors (Lipinski definition) is 1. The van der Waals surface area contributed by atoms with Crippen LogP contribution < -0.4 is 5.32 Å². The van der Waals surface area contributed by atoms with E-state index in [1.807, 2.05) is 19.1 Å². The van der Waals surface area contributed by atoms with E-state index in [-0.39, 0.29) is 17.3 Å². The number of halogens is 2. The fourth-order valence-electron chi connectivity index (χ4n) is 3.37. The third kappa shape index (κ3) is 3.87. The SMILES string of the molecule is Cc1cc(C2=NOC(C)(C)C2=O)ccc1-c1ccc(NC(=O)c2c(F)cccc2F)nc1. The highest BCUT2D eigenvalue weighted by molar-refractivity contribution is 6.49. The van der Waals surface area contributed by atoms with Crippen LogP contribution in [0.2, 0.25) is 0 Å². The van der Waals surface area contributed by atoms with Crippen molar-refractivity contribution in [3.8, 4) is 11.1 Å². The number of carbonyl (C=O) groups is 2. The van der Waals surface area contributed by atoms with Gasteiger partial charge in [0.05, 0.1) is 0 Å². The number of nitrogens with one attached hydrogen (secondary N) is 1. The van der Waals surface area contributed by atoms with Gasteiger partial charge in [-0.05, 0) is 62.2 Å². The minimum absolute atomic E-state index is 0.154. The monoisotopic (exact) mass is 435 g/mol. The van der Waals surface area contributed by atoms with Crippen molar-refractivity contribution in [1.82, 2.24) is 4.98 Å². The second kappa shape index (κ2) is 7.96. The van der Waals surface area contributed by atoms with Gasteiger partial charge in [-0.15, -0.1) is 0 Å². The Labute approximate surface area is 182 Å². The van der Waals surface area contributed by atoms with Gasteiger partial charge in [-0.1, -0.05) is 23.4 Å². The molecule has 0 bridgehead atoms. The van der Waals surface area contributed by atoms with Gasteiger partial charge in [0.25, 0.3) is 5.91 Å². The van der Waals surface area contributed by atoms with Gasteiger partial charge in [0.2, 0.25) is 5.78 Å². The van der Waals surface area contributed by atoms with E-state index >= 15 is 0 Å². The zero-order valence-corrected chi connectivity index (χ0v) is 17.6. The normalized spacial score (nSPS) is 14.7.